The number of nitrogen functional groups attached to an aromatic ring is 2. The molecule has 0 atom stereocenters. The summed E-state index contributed by atoms with van der Waals surface area (Å²) in [6, 6.07) is 11.9. The monoisotopic (exact) mass is 254 g/mol. The number of aromatic nitrogens is 2. The van der Waals surface area contributed by atoms with Crippen LogP contribution in [0.25, 0.3) is 22.0 Å². The second kappa shape index (κ2) is 4.20. The van der Waals surface area contributed by atoms with E-state index in [0.717, 1.165) is 0 Å². The van der Waals surface area contributed by atoms with Crippen molar-refractivity contribution in [2.75, 3.05) is 11.5 Å². The van der Waals surface area contributed by atoms with Crippen molar-refractivity contribution in [3.05, 3.63) is 48.3 Å². The van der Waals surface area contributed by atoms with Gasteiger partial charge in [0.15, 0.2) is 0 Å². The minimum absolute atomic E-state index is 0.107. The summed E-state index contributed by atoms with van der Waals surface area (Å²) in [5, 5.41) is 0.613. The highest BCUT2D eigenvalue weighted by Gasteiger charge is 2.12. The minimum atomic E-state index is -0.314. The molecule has 5 heteroatoms. The van der Waals surface area contributed by atoms with Gasteiger partial charge in [-0.15, -0.1) is 0 Å². The lowest BCUT2D eigenvalue weighted by atomic mass is 10.0. The van der Waals surface area contributed by atoms with Crippen LogP contribution in [0, 0.1) is 5.82 Å². The van der Waals surface area contributed by atoms with E-state index in [2.05, 4.69) is 9.97 Å². The van der Waals surface area contributed by atoms with Gasteiger partial charge in [0.1, 0.15) is 11.6 Å². The Morgan fingerprint density at radius 2 is 1.58 bits per heavy atom. The highest BCUT2D eigenvalue weighted by Crippen LogP contribution is 2.32. The average Bonchev–Trinajstić information content (AvgIpc) is 2.38. The molecule has 0 aliphatic heterocycles. The van der Waals surface area contributed by atoms with Crippen LogP contribution in [0.1, 0.15) is 0 Å². The molecule has 3 aromatic rings. The molecule has 0 aliphatic carbocycles. The zero-order valence-electron chi connectivity index (χ0n) is 9.97. The van der Waals surface area contributed by atoms with Crippen LogP contribution in [0.5, 0.6) is 0 Å². The number of halogens is 1. The van der Waals surface area contributed by atoms with Crippen molar-refractivity contribution < 1.29 is 4.39 Å². The van der Waals surface area contributed by atoms with Crippen LogP contribution in [-0.4, -0.2) is 9.97 Å². The molecule has 19 heavy (non-hydrogen) atoms. The van der Waals surface area contributed by atoms with E-state index < -0.39 is 0 Å². The highest BCUT2D eigenvalue weighted by molar-refractivity contribution is 6.01. The van der Waals surface area contributed by atoms with Crippen molar-refractivity contribution in [1.82, 2.24) is 9.97 Å². The molecule has 0 amide bonds. The number of hydrogen-bond donors (Lipinski definition) is 2. The minimum Gasteiger partial charge on any atom is -0.383 e. The predicted molar refractivity (Wildman–Crippen MR) is 73.8 cm³/mol. The average molecular weight is 254 g/mol. The quantitative estimate of drug-likeness (QED) is 0.699. The van der Waals surface area contributed by atoms with Crippen LogP contribution in [0.3, 0.4) is 0 Å². The summed E-state index contributed by atoms with van der Waals surface area (Å²) in [6.45, 7) is 0. The molecule has 4 nitrogen and oxygen atoms in total. The van der Waals surface area contributed by atoms with Crippen molar-refractivity contribution in [3.8, 4) is 11.1 Å². The van der Waals surface area contributed by atoms with E-state index in [9.17, 15) is 4.39 Å². The first-order valence-electron chi connectivity index (χ1n) is 5.73. The second-order valence-corrected chi connectivity index (χ2v) is 4.15. The zero-order valence-corrected chi connectivity index (χ0v) is 9.97. The number of nitrogens with two attached hydrogens (primary N) is 2. The van der Waals surface area contributed by atoms with Crippen LogP contribution in [0.4, 0.5) is 16.2 Å². The van der Waals surface area contributed by atoms with E-state index in [0.29, 0.717) is 22.0 Å². The van der Waals surface area contributed by atoms with Gasteiger partial charge in [-0.25, -0.2) is 9.37 Å². The number of benzene rings is 2. The lowest BCUT2D eigenvalue weighted by Gasteiger charge is -2.09. The lowest BCUT2D eigenvalue weighted by molar-refractivity contribution is 0.631. The predicted octanol–water partition coefficient (Wildman–Crippen LogP) is 2.60. The Hall–Kier alpha value is -2.69. The Labute approximate surface area is 108 Å². The Morgan fingerprint density at radius 3 is 2.37 bits per heavy atom. The van der Waals surface area contributed by atoms with Crippen molar-refractivity contribution >= 4 is 22.7 Å². The first-order chi connectivity index (χ1) is 9.16. The summed E-state index contributed by atoms with van der Waals surface area (Å²) < 4.78 is 13.9. The summed E-state index contributed by atoms with van der Waals surface area (Å²) in [5.41, 5.74) is 13.2. The van der Waals surface area contributed by atoms with E-state index in [1.165, 1.54) is 6.07 Å². The molecule has 0 fully saturated rings. The molecule has 2 aromatic carbocycles. The van der Waals surface area contributed by atoms with Crippen molar-refractivity contribution in [2.45, 2.75) is 0 Å². The normalized spacial score (nSPS) is 10.8. The van der Waals surface area contributed by atoms with E-state index in [-0.39, 0.29) is 17.6 Å². The molecule has 0 saturated carbocycles. The van der Waals surface area contributed by atoms with Gasteiger partial charge >= 0.3 is 0 Å². The summed E-state index contributed by atoms with van der Waals surface area (Å²) in [5.74, 6) is 0.0447. The van der Waals surface area contributed by atoms with Crippen LogP contribution in [-0.2, 0) is 0 Å². The van der Waals surface area contributed by atoms with E-state index >= 15 is 0 Å². The lowest BCUT2D eigenvalue weighted by Crippen LogP contribution is -2.01. The number of rotatable bonds is 1. The molecule has 1 aromatic heterocycles. The maximum absolute atomic E-state index is 13.9. The van der Waals surface area contributed by atoms with Gasteiger partial charge in [0.05, 0.1) is 10.9 Å². The maximum atomic E-state index is 13.9. The van der Waals surface area contributed by atoms with Gasteiger partial charge in [-0.2, -0.15) is 4.98 Å². The number of anilines is 2. The third-order valence-electron chi connectivity index (χ3n) is 2.93. The first kappa shape index (κ1) is 11.4. The van der Waals surface area contributed by atoms with Gasteiger partial charge < -0.3 is 11.5 Å². The SMILES string of the molecule is Nc1nc(N)c2c(-c3ccccc3F)cccc2n1. The Balaban J connectivity index is 2.40. The van der Waals surface area contributed by atoms with E-state index in [1.807, 2.05) is 0 Å². The van der Waals surface area contributed by atoms with Gasteiger partial charge in [-0.1, -0.05) is 30.3 Å². The van der Waals surface area contributed by atoms with Crippen molar-refractivity contribution in [2.24, 2.45) is 0 Å². The van der Waals surface area contributed by atoms with Crippen LogP contribution >= 0.6 is 0 Å². The number of hydrogen-bond acceptors (Lipinski definition) is 4. The van der Waals surface area contributed by atoms with Crippen LogP contribution < -0.4 is 11.5 Å². The van der Waals surface area contributed by atoms with Gasteiger partial charge in [-0.3, -0.25) is 0 Å². The van der Waals surface area contributed by atoms with Crippen molar-refractivity contribution in [3.63, 3.8) is 0 Å². The van der Waals surface area contributed by atoms with Crippen LogP contribution in [0.2, 0.25) is 0 Å². The fourth-order valence-corrected chi connectivity index (χ4v) is 2.13. The fraction of sp³-hybridized carbons (Fsp3) is 0. The summed E-state index contributed by atoms with van der Waals surface area (Å²) >= 11 is 0. The molecule has 4 N–H and O–H groups in total. The molecule has 0 saturated heterocycles. The third-order valence-corrected chi connectivity index (χ3v) is 2.93. The fourth-order valence-electron chi connectivity index (χ4n) is 2.13. The zero-order chi connectivity index (χ0) is 13.4. The largest absolute Gasteiger partial charge is 0.383 e. The molecule has 94 valence electrons. The summed E-state index contributed by atoms with van der Waals surface area (Å²) in [7, 11) is 0. The van der Waals surface area contributed by atoms with E-state index in [1.54, 1.807) is 36.4 Å². The third kappa shape index (κ3) is 1.85. The first-order valence-corrected chi connectivity index (χ1v) is 5.73. The topological polar surface area (TPSA) is 77.8 Å². The van der Waals surface area contributed by atoms with E-state index in [4.69, 9.17) is 11.5 Å². The summed E-state index contributed by atoms with van der Waals surface area (Å²) in [6.07, 6.45) is 0. The molecule has 0 spiro atoms. The van der Waals surface area contributed by atoms with Crippen LogP contribution in [0.15, 0.2) is 42.5 Å². The standard InChI is InChI=1S/C14H11FN4/c15-10-6-2-1-4-8(10)9-5-3-7-11-12(9)13(16)19-14(17)18-11/h1-7H,(H4,16,17,18,19). The summed E-state index contributed by atoms with van der Waals surface area (Å²) in [4.78, 5) is 8.06. The second-order valence-electron chi connectivity index (χ2n) is 4.15. The molecular weight excluding hydrogens is 243 g/mol. The smallest absolute Gasteiger partial charge is 0.222 e. The molecule has 0 unspecified atom stereocenters. The molecule has 0 radical (unpaired) electrons. The molecule has 1 heterocycles. The molecule has 0 bridgehead atoms. The van der Waals surface area contributed by atoms with Gasteiger partial charge in [-0.05, 0) is 17.7 Å². The van der Waals surface area contributed by atoms with Gasteiger partial charge in [0.2, 0.25) is 5.95 Å². The Morgan fingerprint density at radius 1 is 0.842 bits per heavy atom. The van der Waals surface area contributed by atoms with Gasteiger partial charge in [0.25, 0.3) is 0 Å². The highest BCUT2D eigenvalue weighted by atomic mass is 19.1. The molecular formula is C14H11FN4. The molecule has 0 aliphatic rings. The Kier molecular flexibility index (Phi) is 2.52. The number of fused-ring (bicyclic) bond motifs is 1. The molecule has 3 rings (SSSR count). The Bertz CT molecular complexity index is 770. The maximum Gasteiger partial charge on any atom is 0.222 e. The van der Waals surface area contributed by atoms with Crippen molar-refractivity contribution in [1.29, 1.82) is 0 Å². The number of nitrogens with zero attached hydrogens (tertiary/aromatic N) is 2. The van der Waals surface area contributed by atoms with Gasteiger partial charge in [0, 0.05) is 5.56 Å².